The lowest BCUT2D eigenvalue weighted by Gasteiger charge is -2.20. The van der Waals surface area contributed by atoms with Crippen molar-refractivity contribution in [3.63, 3.8) is 0 Å². The lowest BCUT2D eigenvalue weighted by molar-refractivity contribution is 1.44. The normalized spacial score (nSPS) is 10.4. The highest BCUT2D eigenvalue weighted by atomic mass is 14.2. The molecule has 0 amide bonds. The highest BCUT2D eigenvalue weighted by Gasteiger charge is 2.18. The van der Waals surface area contributed by atoms with Gasteiger partial charge in [0.05, 0.1) is 0 Å². The maximum Gasteiger partial charge on any atom is -0.00201 e. The summed E-state index contributed by atoms with van der Waals surface area (Å²) in [5.74, 6) is 0. The summed E-state index contributed by atoms with van der Waals surface area (Å²) >= 11 is 0. The van der Waals surface area contributed by atoms with Gasteiger partial charge in [-0.2, -0.15) is 0 Å². The van der Waals surface area contributed by atoms with Crippen molar-refractivity contribution in [2.45, 2.75) is 34.6 Å². The van der Waals surface area contributed by atoms with Crippen LogP contribution < -0.4 is 0 Å². The van der Waals surface area contributed by atoms with E-state index in [1.165, 1.54) is 77.2 Å². The van der Waals surface area contributed by atoms with E-state index in [-0.39, 0.29) is 0 Å². The molecule has 222 valence electrons. The van der Waals surface area contributed by atoms with Crippen LogP contribution in [-0.4, -0.2) is 0 Å². The summed E-state index contributed by atoms with van der Waals surface area (Å²) in [4.78, 5) is 0. The Hall–Kier alpha value is -5.20. The van der Waals surface area contributed by atoms with Crippen molar-refractivity contribution in [1.29, 1.82) is 0 Å². The van der Waals surface area contributed by atoms with Crippen molar-refractivity contribution < 1.29 is 0 Å². The zero-order chi connectivity index (χ0) is 31.8. The zero-order valence-electron chi connectivity index (χ0n) is 27.1. The van der Waals surface area contributed by atoms with Gasteiger partial charge in [0.1, 0.15) is 0 Å². The standard InChI is InChI=1S/C41H30.2C2H6/c1-3-29-26-32(25-24-28(29)2)31-16-13-17-33(27-31)40-36-20-9-11-22-38(36)41(39-23-12-10-21-37(39)40)35-19-8-7-18-34(35)30-14-5-4-6-15-30;2*1-2/h3-27H,1H2,2H3;2*1-2H3. The third-order valence-corrected chi connectivity index (χ3v) is 8.20. The number of fused-ring (bicyclic) bond motifs is 2. The van der Waals surface area contributed by atoms with E-state index in [0.29, 0.717) is 0 Å². The molecule has 0 aliphatic carbocycles. The van der Waals surface area contributed by atoms with E-state index in [1.807, 2.05) is 33.8 Å². The molecule has 7 aromatic carbocycles. The van der Waals surface area contributed by atoms with Crippen molar-refractivity contribution in [3.8, 4) is 44.5 Å². The molecule has 0 radical (unpaired) electrons. The molecule has 0 nitrogen and oxygen atoms in total. The predicted molar refractivity (Wildman–Crippen MR) is 201 cm³/mol. The molecule has 0 heteroatoms. The Bertz CT molecular complexity index is 2000. The highest BCUT2D eigenvalue weighted by molar-refractivity contribution is 6.22. The molecule has 0 N–H and O–H groups in total. The molecule has 0 aromatic heterocycles. The molecule has 0 spiro atoms. The second kappa shape index (κ2) is 14.5. The van der Waals surface area contributed by atoms with Gasteiger partial charge in [0.25, 0.3) is 0 Å². The smallest absolute Gasteiger partial charge is 0.00201 e. The maximum absolute atomic E-state index is 4.02. The third-order valence-electron chi connectivity index (χ3n) is 8.20. The van der Waals surface area contributed by atoms with Crippen LogP contribution in [0.15, 0.2) is 152 Å². The summed E-state index contributed by atoms with van der Waals surface area (Å²) in [6.07, 6.45) is 1.94. The van der Waals surface area contributed by atoms with Gasteiger partial charge in [-0.05, 0) is 96.2 Å². The number of benzene rings is 7. The number of hydrogen-bond donors (Lipinski definition) is 0. The van der Waals surface area contributed by atoms with E-state index >= 15 is 0 Å². The summed E-state index contributed by atoms with van der Waals surface area (Å²) in [7, 11) is 0. The molecular formula is C45H42. The van der Waals surface area contributed by atoms with Gasteiger partial charge in [-0.15, -0.1) is 0 Å². The van der Waals surface area contributed by atoms with Gasteiger partial charge in [-0.1, -0.05) is 174 Å². The van der Waals surface area contributed by atoms with Crippen molar-refractivity contribution in [2.75, 3.05) is 0 Å². The van der Waals surface area contributed by atoms with Crippen molar-refractivity contribution in [3.05, 3.63) is 163 Å². The average Bonchev–Trinajstić information content (AvgIpc) is 3.13. The second-order valence-electron chi connectivity index (χ2n) is 10.6. The first-order valence-electron chi connectivity index (χ1n) is 16.1. The Morgan fingerprint density at radius 2 is 0.867 bits per heavy atom. The van der Waals surface area contributed by atoms with E-state index < -0.39 is 0 Å². The van der Waals surface area contributed by atoms with E-state index in [1.54, 1.807) is 0 Å². The van der Waals surface area contributed by atoms with Crippen LogP contribution in [0.5, 0.6) is 0 Å². The molecule has 0 saturated carbocycles. The largest absolute Gasteiger partial charge is 0.0985 e. The molecule has 7 aromatic rings. The summed E-state index contributed by atoms with van der Waals surface area (Å²) in [6.45, 7) is 14.2. The van der Waals surface area contributed by atoms with E-state index in [2.05, 4.69) is 159 Å². The van der Waals surface area contributed by atoms with Crippen molar-refractivity contribution in [1.82, 2.24) is 0 Å². The first kappa shape index (κ1) is 31.2. The molecule has 0 atom stereocenters. The van der Waals surface area contributed by atoms with Crippen molar-refractivity contribution in [2.24, 2.45) is 0 Å². The lowest BCUT2D eigenvalue weighted by atomic mass is 9.83. The van der Waals surface area contributed by atoms with Crippen LogP contribution in [0, 0.1) is 6.92 Å². The van der Waals surface area contributed by atoms with Gasteiger partial charge in [0.15, 0.2) is 0 Å². The van der Waals surface area contributed by atoms with Crippen LogP contribution in [0.4, 0.5) is 0 Å². The molecule has 0 unspecified atom stereocenters. The summed E-state index contributed by atoms with van der Waals surface area (Å²) in [6, 6.07) is 52.9. The zero-order valence-corrected chi connectivity index (χ0v) is 27.1. The van der Waals surface area contributed by atoms with E-state index in [0.717, 1.165) is 0 Å². The molecule has 0 fully saturated rings. The molecule has 0 bridgehead atoms. The molecule has 0 aliphatic rings. The van der Waals surface area contributed by atoms with Crippen LogP contribution in [-0.2, 0) is 0 Å². The van der Waals surface area contributed by atoms with Crippen LogP contribution in [0.2, 0.25) is 0 Å². The number of aryl methyl sites for hydroxylation is 1. The topological polar surface area (TPSA) is 0 Å². The fourth-order valence-electron chi connectivity index (χ4n) is 6.19. The lowest BCUT2D eigenvalue weighted by Crippen LogP contribution is -1.93. The molecule has 0 aliphatic heterocycles. The number of rotatable bonds is 5. The highest BCUT2D eigenvalue weighted by Crippen LogP contribution is 2.46. The molecule has 45 heavy (non-hydrogen) atoms. The van der Waals surface area contributed by atoms with Gasteiger partial charge in [0, 0.05) is 0 Å². The minimum atomic E-state index is 1.17. The van der Waals surface area contributed by atoms with Crippen LogP contribution >= 0.6 is 0 Å². The maximum atomic E-state index is 4.02. The fraction of sp³-hybridized carbons (Fsp3) is 0.111. The molecular weight excluding hydrogens is 540 g/mol. The fourth-order valence-corrected chi connectivity index (χ4v) is 6.19. The second-order valence-corrected chi connectivity index (χ2v) is 10.6. The minimum Gasteiger partial charge on any atom is -0.0985 e. The molecule has 0 heterocycles. The SMILES string of the molecule is C=Cc1cc(-c2cccc(-c3c4ccccc4c(-c4ccccc4-c4ccccc4)c4ccccc34)c2)ccc1C.CC.CC. The van der Waals surface area contributed by atoms with Crippen molar-refractivity contribution >= 4 is 27.6 Å². The Kier molecular flexibility index (Phi) is 10.1. The van der Waals surface area contributed by atoms with Crippen LogP contribution in [0.3, 0.4) is 0 Å². The van der Waals surface area contributed by atoms with Gasteiger partial charge < -0.3 is 0 Å². The summed E-state index contributed by atoms with van der Waals surface area (Å²) < 4.78 is 0. The quantitative estimate of drug-likeness (QED) is 0.177. The summed E-state index contributed by atoms with van der Waals surface area (Å²) in [5.41, 5.74) is 12.3. The molecule has 7 rings (SSSR count). The van der Waals surface area contributed by atoms with Gasteiger partial charge in [-0.3, -0.25) is 0 Å². The Morgan fingerprint density at radius 3 is 1.47 bits per heavy atom. The average molecular weight is 583 g/mol. The Labute approximate surface area is 269 Å². The van der Waals surface area contributed by atoms with E-state index in [9.17, 15) is 0 Å². The van der Waals surface area contributed by atoms with Crippen LogP contribution in [0.25, 0.3) is 72.1 Å². The number of hydrogen-bond acceptors (Lipinski definition) is 0. The first-order valence-corrected chi connectivity index (χ1v) is 16.1. The Balaban J connectivity index is 0.000000963. The van der Waals surface area contributed by atoms with E-state index in [4.69, 9.17) is 0 Å². The Morgan fingerprint density at radius 1 is 0.400 bits per heavy atom. The monoisotopic (exact) mass is 582 g/mol. The van der Waals surface area contributed by atoms with Crippen LogP contribution in [0.1, 0.15) is 38.8 Å². The van der Waals surface area contributed by atoms with Gasteiger partial charge >= 0.3 is 0 Å². The minimum absolute atomic E-state index is 1.17. The van der Waals surface area contributed by atoms with Gasteiger partial charge in [0.2, 0.25) is 0 Å². The van der Waals surface area contributed by atoms with Gasteiger partial charge in [-0.25, -0.2) is 0 Å². The molecule has 0 saturated heterocycles. The summed E-state index contributed by atoms with van der Waals surface area (Å²) in [5, 5.41) is 5.05. The third kappa shape index (κ3) is 6.10. The predicted octanol–water partition coefficient (Wildman–Crippen LogP) is 13.7. The first-order chi connectivity index (χ1) is 22.2.